The number of imidazole rings is 1. The van der Waals surface area contributed by atoms with Crippen molar-refractivity contribution in [1.82, 2.24) is 14.7 Å². The van der Waals surface area contributed by atoms with Crippen molar-refractivity contribution in [3.05, 3.63) is 80.5 Å². The summed E-state index contributed by atoms with van der Waals surface area (Å²) in [6.07, 6.45) is 1.99. The van der Waals surface area contributed by atoms with Crippen molar-refractivity contribution in [2.24, 2.45) is 0 Å². The number of fused-ring (bicyclic) bond motifs is 1. The van der Waals surface area contributed by atoms with Gasteiger partial charge in [0.1, 0.15) is 4.88 Å². The van der Waals surface area contributed by atoms with E-state index in [0.717, 1.165) is 27.5 Å². The first-order chi connectivity index (χ1) is 12.6. The van der Waals surface area contributed by atoms with Crippen LogP contribution in [0.4, 0.5) is 0 Å². The number of amides is 1. The topological polar surface area (TPSA) is 46.4 Å². The van der Waals surface area contributed by atoms with Crippen molar-refractivity contribution in [2.75, 3.05) is 0 Å². The van der Waals surface area contributed by atoms with E-state index in [1.807, 2.05) is 72.1 Å². The van der Waals surface area contributed by atoms with Crippen molar-refractivity contribution < 1.29 is 4.79 Å². The number of nitrogens with one attached hydrogen (secondary N) is 1. The third kappa shape index (κ3) is 3.39. The van der Waals surface area contributed by atoms with Gasteiger partial charge in [-0.3, -0.25) is 9.20 Å². The molecule has 0 spiro atoms. The van der Waals surface area contributed by atoms with E-state index in [0.29, 0.717) is 11.4 Å². The highest BCUT2D eigenvalue weighted by atomic mass is 127. The second-order valence-corrected chi connectivity index (χ2v) is 8.19. The fourth-order valence-electron chi connectivity index (χ4n) is 2.77. The van der Waals surface area contributed by atoms with Crippen molar-refractivity contribution in [1.29, 1.82) is 0 Å². The predicted octanol–water partition coefficient (Wildman–Crippen LogP) is 4.91. The Morgan fingerprint density at radius 1 is 1.15 bits per heavy atom. The fraction of sp³-hybridized carbons (Fsp3) is 0.100. The SMILES string of the molecule is Cc1c(C(=O)NCc2ccc(I)cc2)sc2nc(-c3ccccc3)cn12. The number of carbonyl (C=O) groups is 1. The van der Waals surface area contributed by atoms with Crippen LogP contribution in [0.25, 0.3) is 16.2 Å². The lowest BCUT2D eigenvalue weighted by Gasteiger charge is -2.05. The molecule has 130 valence electrons. The zero-order valence-electron chi connectivity index (χ0n) is 14.1. The van der Waals surface area contributed by atoms with Crippen LogP contribution in [-0.2, 0) is 6.54 Å². The first-order valence-corrected chi connectivity index (χ1v) is 10.1. The van der Waals surface area contributed by atoms with E-state index in [4.69, 9.17) is 0 Å². The molecule has 2 aromatic heterocycles. The van der Waals surface area contributed by atoms with Crippen LogP contribution in [0.1, 0.15) is 20.9 Å². The van der Waals surface area contributed by atoms with Crippen molar-refractivity contribution >= 4 is 44.8 Å². The molecule has 0 radical (unpaired) electrons. The molecule has 2 heterocycles. The summed E-state index contributed by atoms with van der Waals surface area (Å²) in [6, 6.07) is 18.2. The molecule has 1 amide bonds. The number of aryl methyl sites for hydroxylation is 1. The number of aromatic nitrogens is 2. The van der Waals surface area contributed by atoms with Crippen LogP contribution in [0.2, 0.25) is 0 Å². The molecule has 0 bridgehead atoms. The zero-order valence-corrected chi connectivity index (χ0v) is 17.0. The van der Waals surface area contributed by atoms with Gasteiger partial charge in [0.2, 0.25) is 0 Å². The van der Waals surface area contributed by atoms with E-state index in [-0.39, 0.29) is 5.91 Å². The van der Waals surface area contributed by atoms with Gasteiger partial charge in [0.25, 0.3) is 5.91 Å². The Morgan fingerprint density at radius 2 is 1.88 bits per heavy atom. The van der Waals surface area contributed by atoms with E-state index < -0.39 is 0 Å². The maximum atomic E-state index is 12.6. The highest BCUT2D eigenvalue weighted by molar-refractivity contribution is 14.1. The fourth-order valence-corrected chi connectivity index (χ4v) is 4.16. The molecular formula is C20H16IN3OS. The Balaban J connectivity index is 1.55. The van der Waals surface area contributed by atoms with E-state index in [1.165, 1.54) is 14.9 Å². The molecule has 0 aliphatic carbocycles. The van der Waals surface area contributed by atoms with Gasteiger partial charge in [0.05, 0.1) is 5.69 Å². The molecule has 0 fully saturated rings. The Labute approximate surface area is 169 Å². The largest absolute Gasteiger partial charge is 0.347 e. The van der Waals surface area contributed by atoms with Crippen molar-refractivity contribution in [2.45, 2.75) is 13.5 Å². The van der Waals surface area contributed by atoms with Gasteiger partial charge in [0.15, 0.2) is 4.96 Å². The molecule has 0 aliphatic heterocycles. The highest BCUT2D eigenvalue weighted by Crippen LogP contribution is 2.27. The van der Waals surface area contributed by atoms with Crippen molar-refractivity contribution in [3.8, 4) is 11.3 Å². The molecule has 0 unspecified atom stereocenters. The maximum Gasteiger partial charge on any atom is 0.263 e. The number of benzene rings is 2. The molecule has 1 N–H and O–H groups in total. The lowest BCUT2D eigenvalue weighted by Crippen LogP contribution is -2.22. The Hall–Kier alpha value is -2.19. The molecule has 4 rings (SSSR count). The quantitative estimate of drug-likeness (QED) is 0.429. The van der Waals surface area contributed by atoms with Gasteiger partial charge in [-0.15, -0.1) is 0 Å². The van der Waals surface area contributed by atoms with Crippen LogP contribution in [-0.4, -0.2) is 15.3 Å². The monoisotopic (exact) mass is 473 g/mol. The number of halogens is 1. The zero-order chi connectivity index (χ0) is 18.1. The van der Waals surface area contributed by atoms with Gasteiger partial charge in [-0.05, 0) is 47.2 Å². The third-order valence-electron chi connectivity index (χ3n) is 4.20. The Kier molecular flexibility index (Phi) is 4.78. The Bertz CT molecular complexity index is 1070. The average Bonchev–Trinajstić information content (AvgIpc) is 3.21. The van der Waals surface area contributed by atoms with E-state index in [2.05, 4.69) is 32.9 Å². The summed E-state index contributed by atoms with van der Waals surface area (Å²) in [6.45, 7) is 2.48. The summed E-state index contributed by atoms with van der Waals surface area (Å²) in [7, 11) is 0. The minimum Gasteiger partial charge on any atom is -0.347 e. The molecule has 0 saturated heterocycles. The first-order valence-electron chi connectivity index (χ1n) is 8.18. The van der Waals surface area contributed by atoms with Crippen LogP contribution >= 0.6 is 33.9 Å². The summed E-state index contributed by atoms with van der Waals surface area (Å²) in [4.78, 5) is 18.8. The Morgan fingerprint density at radius 3 is 2.58 bits per heavy atom. The smallest absolute Gasteiger partial charge is 0.263 e. The average molecular weight is 473 g/mol. The van der Waals surface area contributed by atoms with Gasteiger partial charge in [-0.2, -0.15) is 0 Å². The summed E-state index contributed by atoms with van der Waals surface area (Å²) in [5.41, 5.74) is 4.00. The van der Waals surface area contributed by atoms with Gasteiger partial charge >= 0.3 is 0 Å². The standard InChI is InChI=1S/C20H16IN3OS/c1-13-18(19(25)22-11-14-7-9-16(21)10-8-14)26-20-23-17(12-24(13)20)15-5-3-2-4-6-15/h2-10,12H,11H2,1H3,(H,22,25). The summed E-state index contributed by atoms with van der Waals surface area (Å²) in [5.74, 6) is -0.0576. The van der Waals surface area contributed by atoms with Crippen LogP contribution in [0.15, 0.2) is 60.8 Å². The molecule has 0 saturated carbocycles. The van der Waals surface area contributed by atoms with Crippen LogP contribution in [0, 0.1) is 10.5 Å². The third-order valence-corrected chi connectivity index (χ3v) is 6.07. The van der Waals surface area contributed by atoms with Gasteiger partial charge in [-0.25, -0.2) is 4.98 Å². The highest BCUT2D eigenvalue weighted by Gasteiger charge is 2.17. The lowest BCUT2D eigenvalue weighted by molar-refractivity contribution is 0.0954. The number of hydrogen-bond donors (Lipinski definition) is 1. The summed E-state index contributed by atoms with van der Waals surface area (Å²) < 4.78 is 3.18. The van der Waals surface area contributed by atoms with Gasteiger partial charge in [0, 0.05) is 27.6 Å². The number of carbonyl (C=O) groups excluding carboxylic acids is 1. The van der Waals surface area contributed by atoms with Crippen molar-refractivity contribution in [3.63, 3.8) is 0 Å². The molecule has 2 aromatic carbocycles. The molecule has 0 aliphatic rings. The predicted molar refractivity (Wildman–Crippen MR) is 114 cm³/mol. The normalized spacial score (nSPS) is 11.0. The molecule has 26 heavy (non-hydrogen) atoms. The number of thiazole rings is 1. The lowest BCUT2D eigenvalue weighted by atomic mass is 10.2. The molecule has 0 atom stereocenters. The second-order valence-electron chi connectivity index (χ2n) is 5.97. The minimum atomic E-state index is -0.0576. The van der Waals surface area contributed by atoms with Crippen LogP contribution in [0.5, 0.6) is 0 Å². The van der Waals surface area contributed by atoms with E-state index in [1.54, 1.807) is 0 Å². The molecule has 6 heteroatoms. The maximum absolute atomic E-state index is 12.6. The molecule has 4 aromatic rings. The second kappa shape index (κ2) is 7.20. The van der Waals surface area contributed by atoms with Gasteiger partial charge < -0.3 is 5.32 Å². The van der Waals surface area contributed by atoms with E-state index in [9.17, 15) is 4.79 Å². The van der Waals surface area contributed by atoms with Gasteiger partial charge in [-0.1, -0.05) is 53.8 Å². The number of rotatable bonds is 4. The summed E-state index contributed by atoms with van der Waals surface area (Å²) in [5, 5.41) is 3.00. The number of hydrogen-bond acceptors (Lipinski definition) is 3. The molecular weight excluding hydrogens is 457 g/mol. The van der Waals surface area contributed by atoms with Crippen LogP contribution < -0.4 is 5.32 Å². The van der Waals surface area contributed by atoms with Crippen LogP contribution in [0.3, 0.4) is 0 Å². The minimum absolute atomic E-state index is 0.0576. The number of nitrogens with zero attached hydrogens (tertiary/aromatic N) is 2. The molecule has 4 nitrogen and oxygen atoms in total. The summed E-state index contributed by atoms with van der Waals surface area (Å²) >= 11 is 3.69. The first kappa shape index (κ1) is 17.2. The van der Waals surface area contributed by atoms with E-state index >= 15 is 0 Å².